The van der Waals surface area contributed by atoms with Gasteiger partial charge in [0.15, 0.2) is 5.82 Å². The fraction of sp³-hybridized carbons (Fsp3) is 0.333. The van der Waals surface area contributed by atoms with Gasteiger partial charge in [0, 0.05) is 19.0 Å². The van der Waals surface area contributed by atoms with Crippen molar-refractivity contribution in [3.63, 3.8) is 0 Å². The van der Waals surface area contributed by atoms with E-state index in [1.165, 1.54) is 0 Å². The van der Waals surface area contributed by atoms with Crippen LogP contribution in [0.3, 0.4) is 0 Å². The zero-order valence-electron chi connectivity index (χ0n) is 8.44. The molecule has 5 nitrogen and oxygen atoms in total. The number of nitrogen functional groups attached to an aromatic ring is 2. The number of hydrogen-bond donors (Lipinski definition) is 2. The Labute approximate surface area is 83.4 Å². The Hall–Kier alpha value is -1.78. The van der Waals surface area contributed by atoms with Crippen molar-refractivity contribution in [3.05, 3.63) is 12.3 Å². The van der Waals surface area contributed by atoms with E-state index in [0.29, 0.717) is 17.2 Å². The average molecular weight is 193 g/mol. The van der Waals surface area contributed by atoms with E-state index in [1.807, 2.05) is 13.8 Å². The Balaban J connectivity index is 3.16. The molecule has 0 aliphatic carbocycles. The summed E-state index contributed by atoms with van der Waals surface area (Å²) < 4.78 is 0. The van der Waals surface area contributed by atoms with Gasteiger partial charge in [0.2, 0.25) is 0 Å². The molecule has 0 aliphatic rings. The highest BCUT2D eigenvalue weighted by atomic mass is 15.5. The van der Waals surface area contributed by atoms with Gasteiger partial charge in [-0.25, -0.2) is 9.99 Å². The van der Waals surface area contributed by atoms with E-state index in [1.54, 1.807) is 17.3 Å². The molecule has 5 heteroatoms. The minimum absolute atomic E-state index is 0.143. The Morgan fingerprint density at radius 2 is 2.14 bits per heavy atom. The summed E-state index contributed by atoms with van der Waals surface area (Å²) in [6.07, 6.45) is 1.60. The second-order valence-corrected chi connectivity index (χ2v) is 3.22. The predicted molar refractivity (Wildman–Crippen MR) is 60.2 cm³/mol. The molecule has 1 aromatic rings. The molecule has 0 aromatic carbocycles. The Morgan fingerprint density at radius 1 is 1.50 bits per heavy atom. The monoisotopic (exact) mass is 193 g/mol. The van der Waals surface area contributed by atoms with Crippen LogP contribution in [0.4, 0.5) is 17.2 Å². The summed E-state index contributed by atoms with van der Waals surface area (Å²) in [6, 6.07) is 1.80. The fourth-order valence-electron chi connectivity index (χ4n) is 1.13. The molecular weight excluding hydrogens is 178 g/mol. The van der Waals surface area contributed by atoms with Gasteiger partial charge >= 0.3 is 0 Å². The zero-order valence-corrected chi connectivity index (χ0v) is 8.44. The van der Waals surface area contributed by atoms with E-state index in [-0.39, 0.29) is 6.04 Å². The smallest absolute Gasteiger partial charge is 0.174 e. The second-order valence-electron chi connectivity index (χ2n) is 3.22. The number of hydrogen-bond acceptors (Lipinski definition) is 5. The Morgan fingerprint density at radius 3 is 2.64 bits per heavy atom. The molecule has 0 atom stereocenters. The minimum Gasteiger partial charge on any atom is -0.397 e. The first kappa shape index (κ1) is 10.3. The highest BCUT2D eigenvalue weighted by molar-refractivity contribution is 5.76. The van der Waals surface area contributed by atoms with E-state index in [4.69, 9.17) is 11.5 Å². The van der Waals surface area contributed by atoms with Crippen molar-refractivity contribution in [2.24, 2.45) is 5.10 Å². The summed E-state index contributed by atoms with van der Waals surface area (Å²) in [5.74, 6) is 0.551. The SMILES string of the molecule is C=NN(c1nccc(N)c1N)C(C)C. The van der Waals surface area contributed by atoms with E-state index in [9.17, 15) is 0 Å². The quantitative estimate of drug-likeness (QED) is 0.556. The first-order chi connectivity index (χ1) is 6.57. The van der Waals surface area contributed by atoms with E-state index >= 15 is 0 Å². The molecule has 0 fully saturated rings. The van der Waals surface area contributed by atoms with E-state index in [0.717, 1.165) is 0 Å². The van der Waals surface area contributed by atoms with Gasteiger partial charge in [0.1, 0.15) is 0 Å². The highest BCUT2D eigenvalue weighted by Gasteiger charge is 2.14. The average Bonchev–Trinajstić information content (AvgIpc) is 2.13. The third kappa shape index (κ3) is 1.76. The van der Waals surface area contributed by atoms with Crippen molar-refractivity contribution >= 4 is 23.9 Å². The van der Waals surface area contributed by atoms with Crippen LogP contribution in [0.15, 0.2) is 17.4 Å². The zero-order chi connectivity index (χ0) is 10.7. The van der Waals surface area contributed by atoms with Crippen LogP contribution >= 0.6 is 0 Å². The van der Waals surface area contributed by atoms with Gasteiger partial charge in [-0.2, -0.15) is 5.10 Å². The highest BCUT2D eigenvalue weighted by Crippen LogP contribution is 2.26. The third-order valence-corrected chi connectivity index (χ3v) is 1.86. The van der Waals surface area contributed by atoms with Gasteiger partial charge in [-0.3, -0.25) is 0 Å². The summed E-state index contributed by atoms with van der Waals surface area (Å²) in [5.41, 5.74) is 12.4. The minimum atomic E-state index is 0.143. The Bertz CT molecular complexity index is 334. The molecule has 0 bridgehead atoms. The van der Waals surface area contributed by atoms with Crippen LogP contribution in [0.5, 0.6) is 0 Å². The Kier molecular flexibility index (Phi) is 2.91. The number of nitrogens with two attached hydrogens (primary N) is 2. The molecule has 0 radical (unpaired) electrons. The largest absolute Gasteiger partial charge is 0.397 e. The fourth-order valence-corrected chi connectivity index (χ4v) is 1.13. The van der Waals surface area contributed by atoms with Crippen LogP contribution in [-0.2, 0) is 0 Å². The molecule has 0 amide bonds. The molecule has 0 saturated carbocycles. The number of nitrogens with zero attached hydrogens (tertiary/aromatic N) is 3. The van der Waals surface area contributed by atoms with Crippen molar-refractivity contribution in [3.8, 4) is 0 Å². The van der Waals surface area contributed by atoms with Gasteiger partial charge in [-0.15, -0.1) is 0 Å². The molecule has 14 heavy (non-hydrogen) atoms. The normalized spacial score (nSPS) is 10.2. The summed E-state index contributed by atoms with van der Waals surface area (Å²) in [6.45, 7) is 7.41. The van der Waals surface area contributed by atoms with Gasteiger partial charge in [-0.05, 0) is 19.9 Å². The van der Waals surface area contributed by atoms with E-state index < -0.39 is 0 Å². The molecule has 0 aliphatic heterocycles. The molecule has 1 heterocycles. The van der Waals surface area contributed by atoms with Gasteiger partial charge in [0.25, 0.3) is 0 Å². The van der Waals surface area contributed by atoms with Crippen LogP contribution in [-0.4, -0.2) is 17.7 Å². The lowest BCUT2D eigenvalue weighted by Gasteiger charge is -2.23. The lowest BCUT2D eigenvalue weighted by atomic mass is 10.3. The van der Waals surface area contributed by atoms with E-state index in [2.05, 4.69) is 16.8 Å². The number of rotatable bonds is 3. The topological polar surface area (TPSA) is 80.5 Å². The first-order valence-corrected chi connectivity index (χ1v) is 4.33. The lowest BCUT2D eigenvalue weighted by Crippen LogP contribution is -2.26. The van der Waals surface area contributed by atoms with Crippen LogP contribution in [0, 0.1) is 0 Å². The molecule has 0 spiro atoms. The van der Waals surface area contributed by atoms with Crippen molar-refractivity contribution in [1.82, 2.24) is 4.98 Å². The summed E-state index contributed by atoms with van der Waals surface area (Å²) in [5, 5.41) is 5.48. The van der Waals surface area contributed by atoms with Crippen LogP contribution in [0.1, 0.15) is 13.8 Å². The van der Waals surface area contributed by atoms with Crippen LogP contribution in [0.2, 0.25) is 0 Å². The number of aromatic nitrogens is 1. The maximum absolute atomic E-state index is 5.78. The predicted octanol–water partition coefficient (Wildman–Crippen LogP) is 1.08. The van der Waals surface area contributed by atoms with Crippen molar-refractivity contribution < 1.29 is 0 Å². The lowest BCUT2D eigenvalue weighted by molar-refractivity contribution is 0.707. The molecule has 0 unspecified atom stereocenters. The van der Waals surface area contributed by atoms with Crippen molar-refractivity contribution in [2.45, 2.75) is 19.9 Å². The van der Waals surface area contributed by atoms with Crippen molar-refractivity contribution in [1.29, 1.82) is 0 Å². The van der Waals surface area contributed by atoms with Gasteiger partial charge in [0.05, 0.1) is 11.4 Å². The summed E-state index contributed by atoms with van der Waals surface area (Å²) in [7, 11) is 0. The number of hydrazone groups is 1. The van der Waals surface area contributed by atoms with Crippen molar-refractivity contribution in [2.75, 3.05) is 16.5 Å². The molecule has 4 N–H and O–H groups in total. The maximum Gasteiger partial charge on any atom is 0.174 e. The molecule has 76 valence electrons. The number of anilines is 3. The first-order valence-electron chi connectivity index (χ1n) is 4.33. The third-order valence-electron chi connectivity index (χ3n) is 1.86. The maximum atomic E-state index is 5.78. The molecule has 1 aromatic heterocycles. The molecule has 0 saturated heterocycles. The van der Waals surface area contributed by atoms with Crippen LogP contribution < -0.4 is 16.5 Å². The van der Waals surface area contributed by atoms with Gasteiger partial charge < -0.3 is 11.5 Å². The molecular formula is C9H15N5. The molecule has 1 rings (SSSR count). The number of pyridine rings is 1. The second kappa shape index (κ2) is 3.95. The van der Waals surface area contributed by atoms with Gasteiger partial charge in [-0.1, -0.05) is 0 Å². The standard InChI is InChI=1S/C9H15N5/c1-6(2)14(12-3)9-8(11)7(10)4-5-13-9/h4-6H,3,11H2,1-2H3,(H2,10,13). The summed E-state index contributed by atoms with van der Waals surface area (Å²) in [4.78, 5) is 4.12. The summed E-state index contributed by atoms with van der Waals surface area (Å²) >= 11 is 0. The van der Waals surface area contributed by atoms with Crippen LogP contribution in [0.25, 0.3) is 0 Å².